The fourth-order valence-electron chi connectivity index (χ4n) is 2.85. The Morgan fingerprint density at radius 3 is 2.04 bits per heavy atom. The molecule has 2 heteroatoms. The van der Waals surface area contributed by atoms with Crippen molar-refractivity contribution in [3.63, 3.8) is 0 Å². The Labute approximate surface area is 155 Å². The molecule has 0 radical (unpaired) electrons. The Morgan fingerprint density at radius 2 is 1.42 bits per heavy atom. The second kappa shape index (κ2) is 8.30. The topological polar surface area (TPSA) is 20.3 Å². The van der Waals surface area contributed by atoms with Crippen molar-refractivity contribution in [3.8, 4) is 0 Å². The van der Waals surface area contributed by atoms with Gasteiger partial charge >= 0.3 is 0 Å². The van der Waals surface area contributed by atoms with Gasteiger partial charge in [-0.3, -0.25) is 4.79 Å². The summed E-state index contributed by atoms with van der Waals surface area (Å²) in [6.45, 7) is 2.65. The molecule has 0 heterocycles. The van der Waals surface area contributed by atoms with E-state index in [1.54, 1.807) is 4.90 Å². The van der Waals surface area contributed by atoms with E-state index in [0.717, 1.165) is 16.7 Å². The number of hydrogen-bond donors (Lipinski definition) is 0. The highest BCUT2D eigenvalue weighted by Crippen LogP contribution is 2.21. The van der Waals surface area contributed by atoms with Gasteiger partial charge in [0.1, 0.15) is 0 Å². The van der Waals surface area contributed by atoms with Gasteiger partial charge in [-0.1, -0.05) is 90.5 Å². The molecule has 1 amide bonds. The van der Waals surface area contributed by atoms with E-state index in [-0.39, 0.29) is 5.91 Å². The minimum atomic E-state index is 0.0145. The largest absolute Gasteiger partial charge is 0.337 e. The number of nitrogens with zero attached hydrogens (tertiary/aromatic N) is 1. The van der Waals surface area contributed by atoms with E-state index in [1.807, 2.05) is 73.8 Å². The van der Waals surface area contributed by atoms with E-state index in [1.165, 1.54) is 5.56 Å². The van der Waals surface area contributed by atoms with E-state index >= 15 is 0 Å². The Kier molecular flexibility index (Phi) is 5.65. The van der Waals surface area contributed by atoms with Gasteiger partial charge in [-0.2, -0.15) is 0 Å². The van der Waals surface area contributed by atoms with Crippen molar-refractivity contribution >= 4 is 17.6 Å². The molecule has 0 saturated carbocycles. The summed E-state index contributed by atoms with van der Waals surface area (Å²) < 4.78 is 0. The SMILES string of the molecule is Cc1ccc(CN(C)C(=O)/C(=C/c2ccccc2)c2ccccc2)cc1. The molecule has 0 aliphatic heterocycles. The van der Waals surface area contributed by atoms with E-state index in [0.29, 0.717) is 12.1 Å². The van der Waals surface area contributed by atoms with E-state index in [9.17, 15) is 4.79 Å². The second-order valence-electron chi connectivity index (χ2n) is 6.48. The number of benzene rings is 3. The molecule has 0 fully saturated rings. The van der Waals surface area contributed by atoms with Gasteiger partial charge in [-0.05, 0) is 29.7 Å². The Bertz CT molecular complexity index is 881. The Morgan fingerprint density at radius 1 is 0.846 bits per heavy atom. The normalized spacial score (nSPS) is 11.2. The Hall–Kier alpha value is -3.13. The van der Waals surface area contributed by atoms with Crippen molar-refractivity contribution in [1.29, 1.82) is 0 Å². The zero-order valence-corrected chi connectivity index (χ0v) is 15.2. The highest BCUT2D eigenvalue weighted by atomic mass is 16.2. The molecule has 0 spiro atoms. The average Bonchev–Trinajstić information content (AvgIpc) is 2.69. The summed E-state index contributed by atoms with van der Waals surface area (Å²) in [6.07, 6.45) is 1.96. The molecule has 2 nitrogen and oxygen atoms in total. The fraction of sp³-hybridized carbons (Fsp3) is 0.125. The standard InChI is InChI=1S/C24H23NO/c1-19-13-15-21(16-14-19)18-25(2)24(26)23(22-11-7-4-8-12-22)17-20-9-5-3-6-10-20/h3-17H,18H2,1-2H3/b23-17+. The number of carbonyl (C=O) groups is 1. The maximum Gasteiger partial charge on any atom is 0.254 e. The lowest BCUT2D eigenvalue weighted by molar-refractivity contribution is -0.124. The van der Waals surface area contributed by atoms with Crippen molar-refractivity contribution in [2.45, 2.75) is 13.5 Å². The summed E-state index contributed by atoms with van der Waals surface area (Å²) in [5.41, 5.74) is 4.99. The van der Waals surface area contributed by atoms with Gasteiger partial charge in [0.25, 0.3) is 5.91 Å². The van der Waals surface area contributed by atoms with Crippen molar-refractivity contribution in [1.82, 2.24) is 4.90 Å². The third-order valence-corrected chi connectivity index (χ3v) is 4.31. The summed E-state index contributed by atoms with van der Waals surface area (Å²) >= 11 is 0. The molecule has 0 aliphatic carbocycles. The summed E-state index contributed by atoms with van der Waals surface area (Å²) in [4.78, 5) is 14.9. The minimum Gasteiger partial charge on any atom is -0.337 e. The van der Waals surface area contributed by atoms with Gasteiger partial charge in [0, 0.05) is 19.2 Å². The number of aryl methyl sites for hydroxylation is 1. The first-order chi connectivity index (χ1) is 12.6. The number of amides is 1. The molecule has 0 unspecified atom stereocenters. The summed E-state index contributed by atoms with van der Waals surface area (Å²) in [6, 6.07) is 28.1. The van der Waals surface area contributed by atoms with Crippen LogP contribution in [0.3, 0.4) is 0 Å². The molecule has 3 aromatic carbocycles. The monoisotopic (exact) mass is 341 g/mol. The highest BCUT2D eigenvalue weighted by molar-refractivity contribution is 6.24. The van der Waals surface area contributed by atoms with Crippen molar-refractivity contribution in [2.24, 2.45) is 0 Å². The van der Waals surface area contributed by atoms with E-state index in [4.69, 9.17) is 0 Å². The zero-order valence-electron chi connectivity index (χ0n) is 15.2. The van der Waals surface area contributed by atoms with Crippen LogP contribution in [0.25, 0.3) is 11.6 Å². The van der Waals surface area contributed by atoms with Crippen molar-refractivity contribution < 1.29 is 4.79 Å². The molecule has 0 saturated heterocycles. The van der Waals surface area contributed by atoms with Crippen LogP contribution in [0.1, 0.15) is 22.3 Å². The highest BCUT2D eigenvalue weighted by Gasteiger charge is 2.17. The summed E-state index contributed by atoms with van der Waals surface area (Å²) in [5.74, 6) is 0.0145. The molecule has 0 bridgehead atoms. The van der Waals surface area contributed by atoms with E-state index in [2.05, 4.69) is 31.2 Å². The van der Waals surface area contributed by atoms with Gasteiger partial charge in [0.2, 0.25) is 0 Å². The maximum atomic E-state index is 13.2. The summed E-state index contributed by atoms with van der Waals surface area (Å²) in [7, 11) is 1.85. The first kappa shape index (κ1) is 17.7. The van der Waals surface area contributed by atoms with Gasteiger partial charge < -0.3 is 4.90 Å². The predicted molar refractivity (Wildman–Crippen MR) is 108 cm³/mol. The van der Waals surface area contributed by atoms with Gasteiger partial charge in [0.15, 0.2) is 0 Å². The van der Waals surface area contributed by atoms with Crippen LogP contribution in [-0.2, 0) is 11.3 Å². The fourth-order valence-corrected chi connectivity index (χ4v) is 2.85. The third-order valence-electron chi connectivity index (χ3n) is 4.31. The number of hydrogen-bond acceptors (Lipinski definition) is 1. The first-order valence-electron chi connectivity index (χ1n) is 8.76. The molecular formula is C24H23NO. The van der Waals surface area contributed by atoms with Crippen LogP contribution in [0.4, 0.5) is 0 Å². The second-order valence-corrected chi connectivity index (χ2v) is 6.48. The molecule has 0 atom stereocenters. The number of carbonyl (C=O) groups excluding carboxylic acids is 1. The van der Waals surface area contributed by atoms with Crippen LogP contribution in [0, 0.1) is 6.92 Å². The molecule has 0 N–H and O–H groups in total. The maximum absolute atomic E-state index is 13.2. The molecule has 26 heavy (non-hydrogen) atoms. The first-order valence-corrected chi connectivity index (χ1v) is 8.76. The predicted octanol–water partition coefficient (Wildman–Crippen LogP) is 5.19. The van der Waals surface area contributed by atoms with E-state index < -0.39 is 0 Å². The van der Waals surface area contributed by atoms with Crippen LogP contribution in [0.5, 0.6) is 0 Å². The molecule has 3 rings (SSSR count). The van der Waals surface area contributed by atoms with Gasteiger partial charge in [0.05, 0.1) is 0 Å². The lowest BCUT2D eigenvalue weighted by Gasteiger charge is -2.20. The number of rotatable bonds is 5. The molecule has 0 aromatic heterocycles. The van der Waals surface area contributed by atoms with Crippen LogP contribution in [-0.4, -0.2) is 17.9 Å². The van der Waals surface area contributed by atoms with Crippen LogP contribution in [0.15, 0.2) is 84.9 Å². The van der Waals surface area contributed by atoms with Crippen LogP contribution < -0.4 is 0 Å². The Balaban J connectivity index is 1.89. The molecular weight excluding hydrogens is 318 g/mol. The van der Waals surface area contributed by atoms with Crippen LogP contribution in [0.2, 0.25) is 0 Å². The number of likely N-dealkylation sites (N-methyl/N-ethyl adjacent to an activating group) is 1. The molecule has 130 valence electrons. The van der Waals surface area contributed by atoms with Crippen LogP contribution >= 0.6 is 0 Å². The van der Waals surface area contributed by atoms with Crippen molar-refractivity contribution in [3.05, 3.63) is 107 Å². The minimum absolute atomic E-state index is 0.0145. The summed E-state index contributed by atoms with van der Waals surface area (Å²) in [5, 5.41) is 0. The molecule has 3 aromatic rings. The lowest BCUT2D eigenvalue weighted by Crippen LogP contribution is -2.27. The quantitative estimate of drug-likeness (QED) is 0.462. The molecule has 0 aliphatic rings. The third kappa shape index (κ3) is 4.48. The smallest absolute Gasteiger partial charge is 0.254 e. The zero-order chi connectivity index (χ0) is 18.4. The lowest BCUT2D eigenvalue weighted by atomic mass is 10.0. The van der Waals surface area contributed by atoms with Gasteiger partial charge in [-0.15, -0.1) is 0 Å². The average molecular weight is 341 g/mol. The van der Waals surface area contributed by atoms with Crippen molar-refractivity contribution in [2.75, 3.05) is 7.05 Å². The van der Waals surface area contributed by atoms with Gasteiger partial charge in [-0.25, -0.2) is 0 Å².